The summed E-state index contributed by atoms with van der Waals surface area (Å²) >= 11 is 0. The largest absolute Gasteiger partial charge is 0.496 e. The second-order valence-corrected chi connectivity index (χ2v) is 7.33. The van der Waals surface area contributed by atoms with Crippen LogP contribution in [-0.4, -0.2) is 25.7 Å². The lowest BCUT2D eigenvalue weighted by Gasteiger charge is -2.22. The van der Waals surface area contributed by atoms with Gasteiger partial charge in [0.25, 0.3) is 0 Å². The van der Waals surface area contributed by atoms with Crippen LogP contribution in [0.25, 0.3) is 0 Å². The van der Waals surface area contributed by atoms with Crippen molar-refractivity contribution in [1.82, 2.24) is 0 Å². The van der Waals surface area contributed by atoms with Gasteiger partial charge in [-0.3, -0.25) is 0 Å². The molecule has 2 rings (SSSR count). The molecule has 0 saturated carbocycles. The van der Waals surface area contributed by atoms with Gasteiger partial charge in [0, 0.05) is 5.56 Å². The molecule has 0 N–H and O–H groups in total. The molecule has 5 nitrogen and oxygen atoms in total. The molecule has 5 heteroatoms. The van der Waals surface area contributed by atoms with Crippen LogP contribution >= 0.6 is 0 Å². The quantitative estimate of drug-likeness (QED) is 0.513. The highest BCUT2D eigenvalue weighted by molar-refractivity contribution is 5.90. The molecule has 0 aliphatic rings. The van der Waals surface area contributed by atoms with Gasteiger partial charge in [0.05, 0.1) is 18.2 Å². The standard InChI is InChI=1S/C23H26O5/c1-6-13-27-21(24)17-9-7-16(8-10-17)15-28-22(25)18-11-12-20(26-5)19(14-18)23(2,3)4/h6-12,14H,1,13,15H2,2-5H3. The van der Waals surface area contributed by atoms with Gasteiger partial charge in [-0.1, -0.05) is 45.6 Å². The van der Waals surface area contributed by atoms with Crippen molar-refractivity contribution in [1.29, 1.82) is 0 Å². The van der Waals surface area contributed by atoms with Gasteiger partial charge in [0.2, 0.25) is 0 Å². The average Bonchev–Trinajstić information content (AvgIpc) is 2.69. The first kappa shape index (κ1) is 21.2. The van der Waals surface area contributed by atoms with E-state index >= 15 is 0 Å². The number of esters is 2. The molecule has 0 spiro atoms. The van der Waals surface area contributed by atoms with E-state index in [0.29, 0.717) is 11.1 Å². The van der Waals surface area contributed by atoms with Gasteiger partial charge in [0.15, 0.2) is 0 Å². The van der Waals surface area contributed by atoms with Crippen molar-refractivity contribution in [2.24, 2.45) is 0 Å². The van der Waals surface area contributed by atoms with Crippen molar-refractivity contribution in [3.63, 3.8) is 0 Å². The maximum Gasteiger partial charge on any atom is 0.338 e. The highest BCUT2D eigenvalue weighted by atomic mass is 16.5. The molecule has 0 unspecified atom stereocenters. The molecule has 0 radical (unpaired) electrons. The summed E-state index contributed by atoms with van der Waals surface area (Å²) in [6.07, 6.45) is 1.51. The number of methoxy groups -OCH3 is 1. The summed E-state index contributed by atoms with van der Waals surface area (Å²) in [5, 5.41) is 0. The van der Waals surface area contributed by atoms with Gasteiger partial charge < -0.3 is 14.2 Å². The number of hydrogen-bond acceptors (Lipinski definition) is 5. The van der Waals surface area contributed by atoms with E-state index in [4.69, 9.17) is 14.2 Å². The fraction of sp³-hybridized carbons (Fsp3) is 0.304. The summed E-state index contributed by atoms with van der Waals surface area (Å²) in [5.74, 6) is -0.0954. The predicted molar refractivity (Wildman–Crippen MR) is 108 cm³/mol. The van der Waals surface area contributed by atoms with Crippen LogP contribution in [0, 0.1) is 0 Å². The zero-order valence-electron chi connectivity index (χ0n) is 16.8. The number of ether oxygens (including phenoxy) is 3. The molecule has 0 aliphatic carbocycles. The molecular formula is C23H26O5. The zero-order chi connectivity index (χ0) is 20.7. The molecule has 0 bridgehead atoms. The third kappa shape index (κ3) is 5.46. The van der Waals surface area contributed by atoms with E-state index in [2.05, 4.69) is 27.4 Å². The SMILES string of the molecule is C=CCOC(=O)c1ccc(COC(=O)c2ccc(OC)c(C(C)(C)C)c2)cc1. The third-order valence-electron chi connectivity index (χ3n) is 4.14. The van der Waals surface area contributed by atoms with Crippen LogP contribution in [0.5, 0.6) is 5.75 Å². The molecule has 0 amide bonds. The molecule has 0 fully saturated rings. The van der Waals surface area contributed by atoms with E-state index in [1.165, 1.54) is 6.08 Å². The summed E-state index contributed by atoms with van der Waals surface area (Å²) < 4.78 is 15.8. The summed E-state index contributed by atoms with van der Waals surface area (Å²) in [6, 6.07) is 12.0. The summed E-state index contributed by atoms with van der Waals surface area (Å²) in [5.41, 5.74) is 2.44. The van der Waals surface area contributed by atoms with Crippen LogP contribution in [-0.2, 0) is 21.5 Å². The Hall–Kier alpha value is -3.08. The Kier molecular flexibility index (Phi) is 6.99. The van der Waals surface area contributed by atoms with E-state index in [-0.39, 0.29) is 18.6 Å². The lowest BCUT2D eigenvalue weighted by Crippen LogP contribution is -2.15. The van der Waals surface area contributed by atoms with Gasteiger partial charge in [-0.2, -0.15) is 0 Å². The van der Waals surface area contributed by atoms with Crippen LogP contribution in [0.2, 0.25) is 0 Å². The van der Waals surface area contributed by atoms with Crippen molar-refractivity contribution >= 4 is 11.9 Å². The Morgan fingerprint density at radius 2 is 1.57 bits per heavy atom. The van der Waals surface area contributed by atoms with Gasteiger partial charge in [-0.15, -0.1) is 0 Å². The number of benzene rings is 2. The molecule has 28 heavy (non-hydrogen) atoms. The Balaban J connectivity index is 2.04. The highest BCUT2D eigenvalue weighted by Gasteiger charge is 2.21. The lowest BCUT2D eigenvalue weighted by molar-refractivity contribution is 0.0470. The van der Waals surface area contributed by atoms with Gasteiger partial charge >= 0.3 is 11.9 Å². The summed E-state index contributed by atoms with van der Waals surface area (Å²) in [4.78, 5) is 24.2. The second kappa shape index (κ2) is 9.22. The molecule has 0 aliphatic heterocycles. The maximum atomic E-state index is 12.4. The lowest BCUT2D eigenvalue weighted by atomic mass is 9.85. The first-order valence-electron chi connectivity index (χ1n) is 8.99. The summed E-state index contributed by atoms with van der Waals surface area (Å²) in [6.45, 7) is 9.95. The van der Waals surface area contributed by atoms with Crippen molar-refractivity contribution in [2.75, 3.05) is 13.7 Å². The third-order valence-corrected chi connectivity index (χ3v) is 4.14. The molecule has 0 heterocycles. The van der Waals surface area contributed by atoms with E-state index in [1.54, 1.807) is 49.6 Å². The average molecular weight is 382 g/mol. The minimum absolute atomic E-state index is 0.109. The molecule has 148 valence electrons. The molecular weight excluding hydrogens is 356 g/mol. The Morgan fingerprint density at radius 1 is 0.964 bits per heavy atom. The van der Waals surface area contributed by atoms with E-state index in [9.17, 15) is 9.59 Å². The van der Waals surface area contributed by atoms with Crippen molar-refractivity contribution in [3.8, 4) is 5.75 Å². The minimum Gasteiger partial charge on any atom is -0.496 e. The second-order valence-electron chi connectivity index (χ2n) is 7.33. The van der Waals surface area contributed by atoms with Gasteiger partial charge in [0.1, 0.15) is 19.0 Å². The predicted octanol–water partition coefficient (Wildman–Crippen LogP) is 4.69. The van der Waals surface area contributed by atoms with Crippen LogP contribution in [0.1, 0.15) is 52.6 Å². The van der Waals surface area contributed by atoms with Gasteiger partial charge in [-0.25, -0.2) is 9.59 Å². The first-order valence-corrected chi connectivity index (χ1v) is 8.99. The first-order chi connectivity index (χ1) is 13.3. The number of hydrogen-bond donors (Lipinski definition) is 0. The van der Waals surface area contributed by atoms with Crippen molar-refractivity contribution < 1.29 is 23.8 Å². The number of carbonyl (C=O) groups excluding carboxylic acids is 2. The molecule has 2 aromatic rings. The maximum absolute atomic E-state index is 12.4. The van der Waals surface area contributed by atoms with Crippen LogP contribution < -0.4 is 4.74 Å². The molecule has 0 saturated heterocycles. The van der Waals surface area contributed by atoms with Crippen molar-refractivity contribution in [2.45, 2.75) is 32.8 Å². The highest BCUT2D eigenvalue weighted by Crippen LogP contribution is 2.32. The Labute approximate surface area is 165 Å². The van der Waals surface area contributed by atoms with E-state index in [0.717, 1.165) is 16.9 Å². The normalized spacial score (nSPS) is 10.9. The van der Waals surface area contributed by atoms with Crippen LogP contribution in [0.4, 0.5) is 0 Å². The zero-order valence-corrected chi connectivity index (χ0v) is 16.8. The van der Waals surface area contributed by atoms with Crippen LogP contribution in [0.15, 0.2) is 55.1 Å². The van der Waals surface area contributed by atoms with Gasteiger partial charge in [-0.05, 0) is 41.3 Å². The number of carbonyl (C=O) groups is 2. The fourth-order valence-electron chi connectivity index (χ4n) is 2.61. The molecule has 0 atom stereocenters. The molecule has 2 aromatic carbocycles. The van der Waals surface area contributed by atoms with Crippen molar-refractivity contribution in [3.05, 3.63) is 77.4 Å². The van der Waals surface area contributed by atoms with Crippen LogP contribution in [0.3, 0.4) is 0 Å². The smallest absolute Gasteiger partial charge is 0.338 e. The number of rotatable bonds is 7. The molecule has 0 aromatic heterocycles. The Bertz CT molecular complexity index is 844. The fourth-order valence-corrected chi connectivity index (χ4v) is 2.61. The topological polar surface area (TPSA) is 61.8 Å². The summed E-state index contributed by atoms with van der Waals surface area (Å²) in [7, 11) is 1.61. The minimum atomic E-state index is -0.420. The van der Waals surface area contributed by atoms with E-state index in [1.807, 2.05) is 0 Å². The monoisotopic (exact) mass is 382 g/mol. The Morgan fingerprint density at radius 3 is 2.14 bits per heavy atom. The van der Waals surface area contributed by atoms with E-state index < -0.39 is 11.9 Å².